The van der Waals surface area contributed by atoms with Crippen molar-refractivity contribution in [3.63, 3.8) is 0 Å². The van der Waals surface area contributed by atoms with Gasteiger partial charge in [-0.15, -0.1) is 0 Å². The zero-order chi connectivity index (χ0) is 74.0. The van der Waals surface area contributed by atoms with E-state index in [0.29, 0.717) is 0 Å². The summed E-state index contributed by atoms with van der Waals surface area (Å²) in [7, 11) is 0. The molecule has 0 saturated carbocycles. The Morgan fingerprint density at radius 2 is 0.964 bits per heavy atom. The maximum Gasteiger partial charge on any atom is 0.144 e. The molecule has 0 radical (unpaired) electrons. The van der Waals surface area contributed by atoms with Gasteiger partial charge >= 0.3 is 0 Å². The lowest BCUT2D eigenvalue weighted by atomic mass is 9.64. The molecule has 23 rings (SSSR count). The van der Waals surface area contributed by atoms with Crippen LogP contribution in [0.5, 0.6) is 0 Å². The zero-order valence-electron chi connectivity index (χ0n) is 62.9. The Hall–Kier alpha value is -12.8. The summed E-state index contributed by atoms with van der Waals surface area (Å²) in [6.07, 6.45) is 27.3. The highest BCUT2D eigenvalue weighted by Gasteiger charge is 2.55. The Labute approximate surface area is 646 Å². The average molecular weight is 1430 g/mol. The second-order valence-electron chi connectivity index (χ2n) is 33.2. The smallest absolute Gasteiger partial charge is 0.144 e. The molecule has 0 bridgehead atoms. The molecule has 12 aromatic carbocycles. The highest BCUT2D eigenvalue weighted by molar-refractivity contribution is 6.21. The van der Waals surface area contributed by atoms with Crippen molar-refractivity contribution in [3.05, 3.63) is 411 Å². The highest BCUT2D eigenvalue weighted by Crippen LogP contribution is 2.68. The molecule has 2 unspecified atom stereocenters. The summed E-state index contributed by atoms with van der Waals surface area (Å²) in [5.74, 6) is 0. The average Bonchev–Trinajstić information content (AvgIpc) is 1.51. The third-order valence-electron chi connectivity index (χ3n) is 26.7. The summed E-state index contributed by atoms with van der Waals surface area (Å²) >= 11 is 0. The van der Waals surface area contributed by atoms with Crippen LogP contribution >= 0.6 is 0 Å². The number of nitrogens with zero attached hydrogens (tertiary/aromatic N) is 2. The Morgan fingerprint density at radius 1 is 0.405 bits per heavy atom. The predicted octanol–water partition coefficient (Wildman–Crippen LogP) is 27.0. The van der Waals surface area contributed by atoms with Gasteiger partial charge in [0.25, 0.3) is 0 Å². The maximum absolute atomic E-state index is 7.19. The first kappa shape index (κ1) is 64.2. The van der Waals surface area contributed by atoms with Crippen LogP contribution in [0.25, 0.3) is 105 Å². The van der Waals surface area contributed by atoms with Crippen molar-refractivity contribution in [2.24, 2.45) is 0 Å². The molecule has 0 fully saturated rings. The molecule has 0 saturated heterocycles. The van der Waals surface area contributed by atoms with Gasteiger partial charge in [-0.3, -0.25) is 4.98 Å². The SMILES string of the molecule is CC1(C)c2cc(N(c3cnc4c(c3)C(C)(C)c3c5c(c6oc7ccccc7c6c3-4)-c3ccccc3C5(C)C)c3ccc4c(c3)C(C3=CC=CCC3)(c3ccccc3)c3cc5c(cc3-4)C(c3ccccc3)(c3ccccc3)C3=C/C=C/OC4CC=CC=C4C=C35)ccc2-c2c1cc(-c1ccccc1)c1oc3ccccc3c21. The molecule has 0 N–H and O–H groups in total. The van der Waals surface area contributed by atoms with E-state index in [0.717, 1.165) is 103 Å². The van der Waals surface area contributed by atoms with Crippen LogP contribution in [0.1, 0.15) is 133 Å². The third-order valence-corrected chi connectivity index (χ3v) is 26.7. The van der Waals surface area contributed by atoms with Gasteiger partial charge in [-0.25, -0.2) is 0 Å². The number of allylic oxidation sites excluding steroid dienone is 10. The number of anilines is 3. The van der Waals surface area contributed by atoms with Gasteiger partial charge in [-0.2, -0.15) is 0 Å². The summed E-state index contributed by atoms with van der Waals surface area (Å²) in [5.41, 5.74) is 37.0. The number of para-hydroxylation sites is 2. The van der Waals surface area contributed by atoms with Crippen molar-refractivity contribution in [3.8, 4) is 55.8 Å². The van der Waals surface area contributed by atoms with Crippen LogP contribution in [0.15, 0.2) is 347 Å². The summed E-state index contributed by atoms with van der Waals surface area (Å²) in [6.45, 7) is 14.6. The first-order valence-corrected chi connectivity index (χ1v) is 39.4. The van der Waals surface area contributed by atoms with Gasteiger partial charge in [0, 0.05) is 72.3 Å². The fourth-order valence-corrected chi connectivity index (χ4v) is 21.8. The van der Waals surface area contributed by atoms with E-state index in [1.54, 1.807) is 0 Å². The van der Waals surface area contributed by atoms with E-state index in [-0.39, 0.29) is 11.5 Å². The molecule has 15 aromatic rings. The van der Waals surface area contributed by atoms with Crippen LogP contribution in [0.2, 0.25) is 0 Å². The Morgan fingerprint density at radius 3 is 1.68 bits per heavy atom. The number of furan rings is 2. The largest absolute Gasteiger partial charge is 0.493 e. The fourth-order valence-electron chi connectivity index (χ4n) is 21.8. The number of benzene rings is 12. The molecule has 1 aliphatic heterocycles. The summed E-state index contributed by atoms with van der Waals surface area (Å²) in [4.78, 5) is 8.50. The van der Waals surface area contributed by atoms with Crippen molar-refractivity contribution in [1.82, 2.24) is 4.98 Å². The summed E-state index contributed by atoms with van der Waals surface area (Å²) in [6, 6.07) is 96.1. The van der Waals surface area contributed by atoms with Crippen LogP contribution in [0.3, 0.4) is 0 Å². The summed E-state index contributed by atoms with van der Waals surface area (Å²) < 4.78 is 20.9. The molecular formula is C106H78N2O3. The first-order chi connectivity index (χ1) is 54.3. The van der Waals surface area contributed by atoms with E-state index in [1.165, 1.54) is 128 Å². The number of fused-ring (bicyclic) bond motifs is 26. The van der Waals surface area contributed by atoms with Gasteiger partial charge in [-0.05, 0) is 208 Å². The number of ether oxygens (including phenoxy) is 1. The second-order valence-corrected chi connectivity index (χ2v) is 33.2. The number of rotatable bonds is 8. The minimum Gasteiger partial charge on any atom is -0.493 e. The monoisotopic (exact) mass is 1430 g/mol. The van der Waals surface area contributed by atoms with Crippen molar-refractivity contribution in [1.29, 1.82) is 0 Å². The lowest BCUT2D eigenvalue weighted by molar-refractivity contribution is 0.181. The van der Waals surface area contributed by atoms with Crippen LogP contribution in [-0.2, 0) is 31.8 Å². The number of aromatic nitrogens is 1. The van der Waals surface area contributed by atoms with Crippen LogP contribution in [0.4, 0.5) is 17.1 Å². The standard InChI is InChI=1S/C106H78N2O3/c1-102(2)83-56-69(51-53-74(83)92-87(102)59-77(63-31-12-7-13-32-63)100-93(92)75-43-24-28-48-90(75)110-100)108(71-58-88-99(107-62-71)96-94-76-44-25-29-49-91(76)111-101(94)95-73-42-23-26-45-81(73)103(3,4)97(95)98(96)104(88,5)6)70-50-52-72-79-60-86-80(61-85(79)106(84(72)57-70,67-38-18-10-19-39-67)68-40-20-11-21-41-68)78-55-64-33-22-27-47-89(64)109-54-30-46-82(78)105(86,65-34-14-8-15-35-65)66-36-16-9-17-37-66/h7-20,22-40,42-46,48-62,89H,21,41,47H2,1-6H3/b54-30+,78-55?,82-46?. The predicted molar refractivity (Wildman–Crippen MR) is 455 cm³/mol. The number of hydrogen-bond donors (Lipinski definition) is 0. The second kappa shape index (κ2) is 23.1. The van der Waals surface area contributed by atoms with Crippen LogP contribution in [-0.4, -0.2) is 11.1 Å². The minimum absolute atomic E-state index is 0.130. The summed E-state index contributed by atoms with van der Waals surface area (Å²) in [5, 5.41) is 4.52. The van der Waals surface area contributed by atoms with Crippen molar-refractivity contribution < 1.29 is 13.6 Å². The molecule has 111 heavy (non-hydrogen) atoms. The molecule has 5 heteroatoms. The highest BCUT2D eigenvalue weighted by atomic mass is 16.5. The molecule has 4 heterocycles. The molecule has 2 atom stereocenters. The van der Waals surface area contributed by atoms with E-state index in [9.17, 15) is 0 Å². The van der Waals surface area contributed by atoms with E-state index in [2.05, 4.69) is 362 Å². The van der Waals surface area contributed by atoms with Crippen LogP contribution in [0, 0.1) is 0 Å². The van der Waals surface area contributed by atoms with Gasteiger partial charge in [0.15, 0.2) is 0 Å². The minimum atomic E-state index is -0.750. The van der Waals surface area contributed by atoms with Crippen LogP contribution < -0.4 is 4.90 Å². The lowest BCUT2D eigenvalue weighted by Crippen LogP contribution is -2.31. The Kier molecular flexibility index (Phi) is 13.4. The van der Waals surface area contributed by atoms with E-state index < -0.39 is 21.7 Å². The van der Waals surface area contributed by atoms with Crippen molar-refractivity contribution in [2.75, 3.05) is 4.90 Å². The normalized spacial score (nSPS) is 19.1. The third kappa shape index (κ3) is 8.53. The van der Waals surface area contributed by atoms with E-state index >= 15 is 0 Å². The van der Waals surface area contributed by atoms with Crippen molar-refractivity contribution in [2.45, 2.75) is 94.0 Å². The quantitative estimate of drug-likeness (QED) is 0.152. The van der Waals surface area contributed by atoms with Crippen molar-refractivity contribution >= 4 is 66.5 Å². The maximum atomic E-state index is 7.19. The molecule has 5 nitrogen and oxygen atoms in total. The molecule has 0 spiro atoms. The van der Waals surface area contributed by atoms with E-state index in [1.807, 2.05) is 6.26 Å². The topological polar surface area (TPSA) is 51.6 Å². The van der Waals surface area contributed by atoms with Gasteiger partial charge < -0.3 is 18.5 Å². The molecule has 3 aromatic heterocycles. The Bertz CT molecular complexity index is 6800. The Balaban J connectivity index is 0.800. The number of pyridine rings is 1. The first-order valence-electron chi connectivity index (χ1n) is 39.4. The molecule has 530 valence electrons. The fraction of sp³-hybridized carbons (Fsp3) is 0.142. The molecular weight excluding hydrogens is 1350 g/mol. The van der Waals surface area contributed by atoms with E-state index in [4.69, 9.17) is 18.6 Å². The molecule has 7 aliphatic carbocycles. The molecule has 0 amide bonds. The van der Waals surface area contributed by atoms with Gasteiger partial charge in [0.2, 0.25) is 0 Å². The number of hydrogen-bond acceptors (Lipinski definition) is 5. The lowest BCUT2D eigenvalue weighted by Gasteiger charge is -2.38. The zero-order valence-corrected chi connectivity index (χ0v) is 62.9. The van der Waals surface area contributed by atoms with Gasteiger partial charge in [0.05, 0.1) is 34.7 Å². The van der Waals surface area contributed by atoms with Gasteiger partial charge in [-0.1, -0.05) is 284 Å². The molecule has 8 aliphatic rings. The van der Waals surface area contributed by atoms with Gasteiger partial charge in [0.1, 0.15) is 28.4 Å².